The number of hydrogen-bond acceptors (Lipinski definition) is 16. The van der Waals surface area contributed by atoms with Gasteiger partial charge in [-0.3, -0.25) is 24.5 Å². The third-order valence-electron chi connectivity index (χ3n) is 5.24. The molecule has 3 amide bonds. The number of nitrogens with one attached hydrogen (secondary N) is 2. The third kappa shape index (κ3) is 9.14. The summed E-state index contributed by atoms with van der Waals surface area (Å²) in [5.41, 5.74) is -0.724. The number of oxime groups is 1. The molecule has 23 heteroatoms. The van der Waals surface area contributed by atoms with Gasteiger partial charge in [0.1, 0.15) is 24.2 Å². The predicted octanol–water partition coefficient (Wildman–Crippen LogP) is -3.97. The molecule has 1 aromatic heterocycles. The number of nitro benzene ring substituents is 1. The van der Waals surface area contributed by atoms with Crippen LogP contribution in [0, 0.1) is 10.1 Å². The van der Waals surface area contributed by atoms with E-state index in [0.717, 1.165) is 18.4 Å². The normalized spacial score (nSPS) is 16.1. The summed E-state index contributed by atoms with van der Waals surface area (Å²) in [4.78, 5) is 80.1. The summed E-state index contributed by atoms with van der Waals surface area (Å²) in [5.74, 6) is -6.07. The van der Waals surface area contributed by atoms with Crippen molar-refractivity contribution in [2.75, 3.05) is 24.9 Å². The number of rotatable bonds is 13. The van der Waals surface area contributed by atoms with Crippen molar-refractivity contribution in [3.05, 3.63) is 51.0 Å². The van der Waals surface area contributed by atoms with Crippen molar-refractivity contribution in [2.45, 2.75) is 18.7 Å². The van der Waals surface area contributed by atoms with Gasteiger partial charge in [-0.1, -0.05) is 5.16 Å². The summed E-state index contributed by atoms with van der Waals surface area (Å²) in [6, 6.07) is 1.24. The third-order valence-corrected chi connectivity index (χ3v) is 7.13. The summed E-state index contributed by atoms with van der Waals surface area (Å²) < 4.78 is 43.3. The fourth-order valence-corrected chi connectivity index (χ4v) is 4.88. The number of carbonyl (C=O) groups excluding carboxylic acids is 5. The number of anilines is 1. The van der Waals surface area contributed by atoms with Crippen LogP contribution >= 0.6 is 22.9 Å². The number of nitrogens with zero attached hydrogens (tertiary/aromatic N) is 4. The van der Waals surface area contributed by atoms with E-state index in [1.165, 1.54) is 29.6 Å². The molecule has 3 rings (SSSR count). The molecule has 1 aliphatic rings. The Morgan fingerprint density at radius 2 is 1.89 bits per heavy atom. The largest absolute Gasteiger partial charge is 1.00 e. The van der Waals surface area contributed by atoms with Crippen LogP contribution in [0.15, 0.2) is 34.8 Å². The maximum atomic E-state index is 13.1. The average molecular weight is 685 g/mol. The van der Waals surface area contributed by atoms with Gasteiger partial charge in [-0.05, 0) is 17.7 Å². The average Bonchev–Trinajstić information content (AvgIpc) is 3.42. The molecule has 19 nitrogen and oxygen atoms in total. The Bertz CT molecular complexity index is 1580. The van der Waals surface area contributed by atoms with Crippen molar-refractivity contribution in [3.8, 4) is 0 Å². The monoisotopic (exact) mass is 684 g/mol. The van der Waals surface area contributed by atoms with Crippen LogP contribution < -0.4 is 40.2 Å². The van der Waals surface area contributed by atoms with Gasteiger partial charge in [-0.25, -0.2) is 27.3 Å². The molecule has 2 heterocycles. The summed E-state index contributed by atoms with van der Waals surface area (Å²) in [7, 11) is -4.59. The molecule has 0 unspecified atom stereocenters. The quantitative estimate of drug-likeness (QED) is 0.0298. The summed E-state index contributed by atoms with van der Waals surface area (Å²) in [6.07, 6.45) is 0. The first kappa shape index (κ1) is 36.5. The molecular formula is C21H18ClN6NaO13S2. The number of β-lactam (4-membered cyclic amide) rings is 1. The number of hydrogen-bond donors (Lipinski definition) is 2. The maximum absolute atomic E-state index is 13.1. The fraction of sp³-hybridized carbons (Fsp3) is 0.286. The molecule has 2 aromatic rings. The Hall–Kier alpha value is -3.73. The predicted molar refractivity (Wildman–Crippen MR) is 141 cm³/mol. The minimum atomic E-state index is -5.44. The van der Waals surface area contributed by atoms with Gasteiger partial charge in [0.25, 0.3) is 17.5 Å². The number of benzene rings is 1. The van der Waals surface area contributed by atoms with Gasteiger partial charge in [0.05, 0.1) is 12.0 Å². The number of ether oxygens (including phenoxy) is 2. The molecule has 1 aliphatic heterocycles. The number of aromatic nitrogens is 1. The number of halogens is 1. The molecule has 1 saturated heterocycles. The van der Waals surface area contributed by atoms with Crippen molar-refractivity contribution in [1.82, 2.24) is 14.6 Å². The van der Waals surface area contributed by atoms with E-state index in [4.69, 9.17) is 21.2 Å². The molecular weight excluding hydrogens is 667 g/mol. The number of esters is 2. The Balaban J connectivity index is 0.00000675. The summed E-state index contributed by atoms with van der Waals surface area (Å²) in [5, 5.41) is 19.8. The van der Waals surface area contributed by atoms with Crippen LogP contribution in [0.4, 0.5) is 10.8 Å². The second kappa shape index (κ2) is 15.8. The SMILES string of the molecule is COC(=O)[C@@H]1[C@H](NC(=O)C(=NOCC(=O)OCc2ccc([N+](=O)[O-])cc2)c2csc(NC(=O)CCl)n2)C(=O)N1S(=O)(=O)[O-].[Na+]. The Morgan fingerprint density at radius 1 is 1.23 bits per heavy atom. The van der Waals surface area contributed by atoms with Gasteiger partial charge >= 0.3 is 41.5 Å². The number of alkyl halides is 1. The molecule has 2 N–H and O–H groups in total. The van der Waals surface area contributed by atoms with Gasteiger partial charge in [-0.15, -0.1) is 22.9 Å². The van der Waals surface area contributed by atoms with Gasteiger partial charge in [-0.2, -0.15) is 0 Å². The van der Waals surface area contributed by atoms with Crippen LogP contribution in [0.2, 0.25) is 0 Å². The maximum Gasteiger partial charge on any atom is 1.00 e. The van der Waals surface area contributed by atoms with Gasteiger partial charge in [0.15, 0.2) is 27.2 Å². The van der Waals surface area contributed by atoms with Crippen LogP contribution in [0.3, 0.4) is 0 Å². The molecule has 2 atom stereocenters. The molecule has 1 aromatic carbocycles. The van der Waals surface area contributed by atoms with E-state index in [2.05, 4.69) is 20.2 Å². The van der Waals surface area contributed by atoms with E-state index >= 15 is 0 Å². The van der Waals surface area contributed by atoms with Crippen molar-refractivity contribution in [3.63, 3.8) is 0 Å². The van der Waals surface area contributed by atoms with Crippen LogP contribution in [0.25, 0.3) is 0 Å². The minimum absolute atomic E-state index is 0. The fourth-order valence-electron chi connectivity index (χ4n) is 3.28. The smallest absolute Gasteiger partial charge is 0.731 e. The number of nitro groups is 1. The van der Waals surface area contributed by atoms with Crippen molar-refractivity contribution in [2.24, 2.45) is 5.16 Å². The minimum Gasteiger partial charge on any atom is -0.731 e. The first-order valence-electron chi connectivity index (χ1n) is 11.3. The Morgan fingerprint density at radius 3 is 2.45 bits per heavy atom. The Labute approximate surface area is 278 Å². The van der Waals surface area contributed by atoms with Crippen LogP contribution in [-0.2, 0) is 55.2 Å². The van der Waals surface area contributed by atoms with E-state index in [0.29, 0.717) is 5.56 Å². The molecule has 0 aliphatic carbocycles. The van der Waals surface area contributed by atoms with Gasteiger partial charge in [0.2, 0.25) is 12.5 Å². The van der Waals surface area contributed by atoms with Crippen molar-refractivity contribution in [1.29, 1.82) is 0 Å². The van der Waals surface area contributed by atoms with Crippen LogP contribution in [0.1, 0.15) is 11.3 Å². The van der Waals surface area contributed by atoms with Gasteiger partial charge in [0, 0.05) is 17.5 Å². The first-order valence-corrected chi connectivity index (χ1v) is 14.1. The van der Waals surface area contributed by atoms with E-state index in [9.17, 15) is 47.1 Å². The molecule has 0 radical (unpaired) electrons. The van der Waals surface area contributed by atoms with E-state index in [-0.39, 0.29) is 57.0 Å². The zero-order valence-electron chi connectivity index (χ0n) is 22.5. The van der Waals surface area contributed by atoms with Crippen LogP contribution in [0.5, 0.6) is 0 Å². The standard InChI is InChI=1S/C21H19ClN6O13S2.Na/c1-39-20(33)17-16(19(32)27(17)43(36,37)38)25-18(31)15(12-9-42-21(23-12)24-13(29)6-22)26-41-8-14(30)40-7-10-2-4-11(5-3-10)28(34)35;/h2-5,9,16-17H,6-8H2,1H3,(H,25,31)(H,23,24,29)(H,36,37,38);/q;+1/p-1/t16-,17-;/m0./s1. The van der Waals surface area contributed by atoms with E-state index in [1.807, 2.05) is 5.32 Å². The molecule has 0 bridgehead atoms. The summed E-state index contributed by atoms with van der Waals surface area (Å²) >= 11 is 6.26. The molecule has 230 valence electrons. The second-order valence-electron chi connectivity index (χ2n) is 8.03. The first-order chi connectivity index (χ1) is 20.3. The molecule has 0 saturated carbocycles. The molecule has 1 fully saturated rings. The van der Waals surface area contributed by atoms with Crippen molar-refractivity contribution >= 4 is 79.4 Å². The van der Waals surface area contributed by atoms with E-state index < -0.39 is 75.2 Å². The number of methoxy groups -OCH3 is 1. The van der Waals surface area contributed by atoms with Gasteiger partial charge < -0.3 is 29.5 Å². The molecule has 44 heavy (non-hydrogen) atoms. The zero-order valence-corrected chi connectivity index (χ0v) is 26.8. The number of thiazole rings is 1. The Kier molecular flexibility index (Phi) is 13.1. The summed E-state index contributed by atoms with van der Waals surface area (Å²) in [6.45, 7) is -1.15. The number of non-ortho nitro benzene ring substituents is 1. The van der Waals surface area contributed by atoms with E-state index in [1.54, 1.807) is 0 Å². The second-order valence-corrected chi connectivity index (χ2v) is 10.4. The van der Waals surface area contributed by atoms with Crippen LogP contribution in [-0.4, -0.2) is 94.2 Å². The number of amides is 3. The zero-order chi connectivity index (χ0) is 31.9. The topological polar surface area (TPSA) is 266 Å². The number of carbonyl (C=O) groups is 5. The molecule has 0 spiro atoms. The van der Waals surface area contributed by atoms with Crippen molar-refractivity contribution < 1.29 is 85.7 Å².